The van der Waals surface area contributed by atoms with Crippen molar-refractivity contribution in [2.24, 2.45) is 0 Å². The molecule has 1 heterocycles. The Morgan fingerprint density at radius 2 is 1.86 bits per heavy atom. The highest BCUT2D eigenvalue weighted by Gasteiger charge is 2.15. The molecule has 1 unspecified atom stereocenters. The van der Waals surface area contributed by atoms with Crippen LogP contribution in [0.25, 0.3) is 0 Å². The van der Waals surface area contributed by atoms with Crippen molar-refractivity contribution < 1.29 is 14.6 Å². The van der Waals surface area contributed by atoms with Gasteiger partial charge in [0, 0.05) is 6.54 Å². The van der Waals surface area contributed by atoms with E-state index in [-0.39, 0.29) is 24.8 Å². The van der Waals surface area contributed by atoms with E-state index in [2.05, 4.69) is 4.90 Å². The van der Waals surface area contributed by atoms with E-state index in [1.165, 1.54) is 32.6 Å². The second-order valence-electron chi connectivity index (χ2n) is 5.73. The monoisotopic (exact) mass is 327 g/mol. The summed E-state index contributed by atoms with van der Waals surface area (Å²) in [7, 11) is 0. The Balaban J connectivity index is 0.00000242. The van der Waals surface area contributed by atoms with Crippen LogP contribution in [0.4, 0.5) is 0 Å². The first kappa shape index (κ1) is 18.9. The molecule has 2 rings (SSSR count). The van der Waals surface area contributed by atoms with Gasteiger partial charge in [-0.1, -0.05) is 25.0 Å². The molecule has 0 spiro atoms. The molecule has 1 fully saturated rings. The molecule has 1 N–H and O–H groups in total. The Labute approximate surface area is 138 Å². The Bertz CT molecular complexity index is 459. The molecule has 0 amide bonds. The Morgan fingerprint density at radius 1 is 1.23 bits per heavy atom. The number of aliphatic hydroxyl groups excluding tert-OH is 1. The molecule has 4 nitrogen and oxygen atoms in total. The number of hydrogen-bond donors (Lipinski definition) is 1. The van der Waals surface area contributed by atoms with Gasteiger partial charge in [0.2, 0.25) is 0 Å². The van der Waals surface area contributed by atoms with Crippen molar-refractivity contribution in [2.75, 3.05) is 26.2 Å². The molecule has 22 heavy (non-hydrogen) atoms. The zero-order chi connectivity index (χ0) is 15.1. The number of likely N-dealkylation sites (tertiary alicyclic amines) is 1. The van der Waals surface area contributed by atoms with Crippen LogP contribution in [-0.4, -0.2) is 48.1 Å². The summed E-state index contributed by atoms with van der Waals surface area (Å²) in [5.74, 6) is 0.535. The molecule has 1 aliphatic heterocycles. The van der Waals surface area contributed by atoms with Crippen molar-refractivity contribution >= 4 is 18.2 Å². The minimum atomic E-state index is -0.525. The van der Waals surface area contributed by atoms with Crippen LogP contribution < -0.4 is 4.74 Å². The lowest BCUT2D eigenvalue weighted by Gasteiger charge is -2.23. The van der Waals surface area contributed by atoms with Gasteiger partial charge in [0.15, 0.2) is 5.78 Å². The predicted octanol–water partition coefficient (Wildman–Crippen LogP) is 2.93. The van der Waals surface area contributed by atoms with Crippen LogP contribution in [0.1, 0.15) is 43.0 Å². The molecule has 5 heteroatoms. The summed E-state index contributed by atoms with van der Waals surface area (Å²) >= 11 is 0. The van der Waals surface area contributed by atoms with Crippen LogP contribution >= 0.6 is 12.4 Å². The van der Waals surface area contributed by atoms with E-state index in [1.807, 2.05) is 12.1 Å². The quantitative estimate of drug-likeness (QED) is 0.816. The normalized spacial score (nSPS) is 17.2. The number of para-hydroxylation sites is 1. The first-order chi connectivity index (χ1) is 10.2. The minimum absolute atomic E-state index is 0. The first-order valence-corrected chi connectivity index (χ1v) is 7.80. The largest absolute Gasteiger partial charge is 0.490 e. The van der Waals surface area contributed by atoms with E-state index >= 15 is 0 Å². The zero-order valence-corrected chi connectivity index (χ0v) is 14.0. The number of hydrogen-bond acceptors (Lipinski definition) is 4. The van der Waals surface area contributed by atoms with Gasteiger partial charge in [-0.2, -0.15) is 0 Å². The van der Waals surface area contributed by atoms with E-state index in [9.17, 15) is 9.90 Å². The summed E-state index contributed by atoms with van der Waals surface area (Å²) in [4.78, 5) is 13.8. The van der Waals surface area contributed by atoms with Gasteiger partial charge < -0.3 is 14.7 Å². The number of Topliss-reactive ketones (excluding diaryl/α,β-unsaturated/α-hetero) is 1. The van der Waals surface area contributed by atoms with Crippen molar-refractivity contribution in [3.8, 4) is 5.75 Å². The van der Waals surface area contributed by atoms with Gasteiger partial charge >= 0.3 is 0 Å². The number of nitrogens with zero attached hydrogens (tertiary/aromatic N) is 1. The molecule has 0 radical (unpaired) electrons. The maximum absolute atomic E-state index is 11.5. The molecule has 0 aromatic heterocycles. The van der Waals surface area contributed by atoms with Crippen LogP contribution in [0, 0.1) is 0 Å². The summed E-state index contributed by atoms with van der Waals surface area (Å²) in [6, 6.07) is 7.18. The van der Waals surface area contributed by atoms with Crippen LogP contribution in [0.15, 0.2) is 24.3 Å². The fraction of sp³-hybridized carbons (Fsp3) is 0.588. The molecular weight excluding hydrogens is 302 g/mol. The van der Waals surface area contributed by atoms with Gasteiger partial charge in [-0.25, -0.2) is 0 Å². The number of ketones is 1. The second-order valence-corrected chi connectivity index (χ2v) is 5.73. The third-order valence-corrected chi connectivity index (χ3v) is 3.87. The highest BCUT2D eigenvalue weighted by atomic mass is 35.5. The van der Waals surface area contributed by atoms with Crippen LogP contribution in [-0.2, 0) is 0 Å². The van der Waals surface area contributed by atoms with E-state index in [0.717, 1.165) is 13.1 Å². The maximum Gasteiger partial charge on any atom is 0.163 e. The van der Waals surface area contributed by atoms with Crippen LogP contribution in [0.2, 0.25) is 0 Å². The van der Waals surface area contributed by atoms with Crippen molar-refractivity contribution in [3.05, 3.63) is 29.8 Å². The second kappa shape index (κ2) is 9.82. The summed E-state index contributed by atoms with van der Waals surface area (Å²) < 4.78 is 5.64. The standard InChI is InChI=1S/C17H25NO3.ClH/c1-14(19)16-8-4-5-9-17(16)21-13-15(20)12-18-10-6-2-3-7-11-18;/h4-5,8-9,15,20H,2-3,6-7,10-13H2,1H3;1H. The van der Waals surface area contributed by atoms with Gasteiger partial charge in [-0.3, -0.25) is 4.79 Å². The van der Waals surface area contributed by atoms with Crippen molar-refractivity contribution in [1.82, 2.24) is 4.90 Å². The van der Waals surface area contributed by atoms with E-state index in [0.29, 0.717) is 17.9 Å². The highest BCUT2D eigenvalue weighted by molar-refractivity contribution is 5.96. The minimum Gasteiger partial charge on any atom is -0.490 e. The highest BCUT2D eigenvalue weighted by Crippen LogP contribution is 2.18. The van der Waals surface area contributed by atoms with Gasteiger partial charge in [0.1, 0.15) is 18.5 Å². The third kappa shape index (κ3) is 5.95. The molecule has 1 aliphatic rings. The molecule has 1 saturated heterocycles. The fourth-order valence-electron chi connectivity index (χ4n) is 2.74. The molecule has 124 valence electrons. The Hall–Kier alpha value is -1.10. The maximum atomic E-state index is 11.5. The van der Waals surface area contributed by atoms with Crippen molar-refractivity contribution in [1.29, 1.82) is 0 Å². The molecular formula is C17H26ClNO3. The number of ether oxygens (including phenoxy) is 1. The van der Waals surface area contributed by atoms with Crippen LogP contribution in [0.5, 0.6) is 5.75 Å². The Kier molecular flexibility index (Phi) is 8.46. The summed E-state index contributed by atoms with van der Waals surface area (Å²) in [5, 5.41) is 10.1. The van der Waals surface area contributed by atoms with Gasteiger partial charge in [0.05, 0.1) is 5.56 Å². The predicted molar refractivity (Wildman–Crippen MR) is 90.1 cm³/mol. The summed E-state index contributed by atoms with van der Waals surface area (Å²) in [6.45, 7) is 4.50. The van der Waals surface area contributed by atoms with Gasteiger partial charge in [0.25, 0.3) is 0 Å². The molecule has 1 aromatic carbocycles. The summed E-state index contributed by atoms with van der Waals surface area (Å²) in [6.07, 6.45) is 4.47. The van der Waals surface area contributed by atoms with E-state index < -0.39 is 6.10 Å². The zero-order valence-electron chi connectivity index (χ0n) is 13.2. The molecule has 1 atom stereocenters. The molecule has 0 saturated carbocycles. The van der Waals surface area contributed by atoms with Gasteiger partial charge in [-0.15, -0.1) is 12.4 Å². The topological polar surface area (TPSA) is 49.8 Å². The number of carbonyl (C=O) groups is 1. The number of benzene rings is 1. The average Bonchev–Trinajstić information content (AvgIpc) is 2.74. The van der Waals surface area contributed by atoms with Crippen molar-refractivity contribution in [2.45, 2.75) is 38.7 Å². The molecule has 0 aliphatic carbocycles. The number of rotatable bonds is 6. The van der Waals surface area contributed by atoms with Crippen LogP contribution in [0.3, 0.4) is 0 Å². The smallest absolute Gasteiger partial charge is 0.163 e. The number of β-amino-alcohol motifs (C(OH)–C–C–N with tert-alkyl or cyclic N) is 1. The van der Waals surface area contributed by atoms with Crippen molar-refractivity contribution in [3.63, 3.8) is 0 Å². The average molecular weight is 328 g/mol. The number of halogens is 1. The third-order valence-electron chi connectivity index (χ3n) is 3.87. The lowest BCUT2D eigenvalue weighted by molar-refractivity contribution is 0.0686. The van der Waals surface area contributed by atoms with E-state index in [1.54, 1.807) is 12.1 Å². The number of carbonyl (C=O) groups excluding carboxylic acids is 1. The van der Waals surface area contributed by atoms with E-state index in [4.69, 9.17) is 4.74 Å². The Morgan fingerprint density at radius 3 is 2.50 bits per heavy atom. The lowest BCUT2D eigenvalue weighted by Crippen LogP contribution is -2.36. The SMILES string of the molecule is CC(=O)c1ccccc1OCC(O)CN1CCCCCC1.Cl. The lowest BCUT2D eigenvalue weighted by atomic mass is 10.1. The molecule has 1 aromatic rings. The molecule has 0 bridgehead atoms. The number of aliphatic hydroxyl groups is 1. The summed E-state index contributed by atoms with van der Waals surface area (Å²) in [5.41, 5.74) is 0.569. The van der Waals surface area contributed by atoms with Gasteiger partial charge in [-0.05, 0) is 45.0 Å². The fourth-order valence-corrected chi connectivity index (χ4v) is 2.74. The first-order valence-electron chi connectivity index (χ1n) is 7.80.